The van der Waals surface area contributed by atoms with Crippen LogP contribution in [0.3, 0.4) is 0 Å². The van der Waals surface area contributed by atoms with Gasteiger partial charge in [-0.15, -0.1) is 0 Å². The molecule has 106 valence electrons. The molecule has 0 unspecified atom stereocenters. The Balaban J connectivity index is 1.59. The maximum absolute atomic E-state index is 5.88. The average Bonchev–Trinajstić information content (AvgIpc) is 2.43. The Bertz CT molecular complexity index is 392. The number of rotatable bonds is 6. The first-order valence-corrected chi connectivity index (χ1v) is 8.60. The van der Waals surface area contributed by atoms with Crippen LogP contribution in [0, 0.1) is 0 Å². The summed E-state index contributed by atoms with van der Waals surface area (Å²) in [6, 6.07) is 6.34. The molecule has 2 rings (SSSR count). The lowest BCUT2D eigenvalue weighted by atomic mass is 9.98. The van der Waals surface area contributed by atoms with E-state index in [9.17, 15) is 0 Å². The van der Waals surface area contributed by atoms with E-state index in [1.165, 1.54) is 37.7 Å². The Morgan fingerprint density at radius 1 is 1.11 bits per heavy atom. The molecule has 0 saturated heterocycles. The monoisotopic (exact) mass is 389 g/mol. The summed E-state index contributed by atoms with van der Waals surface area (Å²) in [5, 5.41) is 3.43. The molecule has 1 aromatic rings. The van der Waals surface area contributed by atoms with Gasteiger partial charge in [0.15, 0.2) is 0 Å². The van der Waals surface area contributed by atoms with Crippen molar-refractivity contribution >= 4 is 31.9 Å². The molecular weight excluding hydrogens is 370 g/mol. The van der Waals surface area contributed by atoms with Crippen molar-refractivity contribution in [2.24, 2.45) is 0 Å². The zero-order valence-electron chi connectivity index (χ0n) is 11.1. The van der Waals surface area contributed by atoms with Crippen LogP contribution in [0.1, 0.15) is 37.7 Å². The van der Waals surface area contributed by atoms with Crippen molar-refractivity contribution in [2.45, 2.75) is 44.8 Å². The summed E-state index contributed by atoms with van der Waals surface area (Å²) in [6.45, 7) is 2.63. The van der Waals surface area contributed by atoms with Crippen LogP contribution in [0.25, 0.3) is 0 Å². The highest BCUT2D eigenvalue weighted by molar-refractivity contribution is 9.13. The van der Waals surface area contributed by atoms with Crippen LogP contribution in [0.4, 0.5) is 0 Å². The number of ether oxygens (including phenoxy) is 1. The van der Waals surface area contributed by atoms with Crippen LogP contribution in [-0.4, -0.2) is 19.3 Å². The fraction of sp³-hybridized carbons (Fsp3) is 0.600. The predicted octanol–water partition coefficient (Wildman–Crippen LogP) is 4.65. The first-order valence-electron chi connectivity index (χ1n) is 7.02. The van der Waals surface area contributed by atoms with E-state index in [1.807, 2.05) is 0 Å². The highest BCUT2D eigenvalue weighted by atomic mass is 79.9. The average molecular weight is 391 g/mol. The third kappa shape index (κ3) is 5.54. The summed E-state index contributed by atoms with van der Waals surface area (Å²) in [5.41, 5.74) is 1.28. The normalized spacial score (nSPS) is 16.7. The van der Waals surface area contributed by atoms with E-state index in [1.54, 1.807) is 0 Å². The standard InChI is InChI=1S/C15H21Br2NO/c16-14-7-6-12(10-15(14)17)11-18-8-9-19-13-4-2-1-3-5-13/h6-7,10,13,18H,1-5,8-9,11H2. The van der Waals surface area contributed by atoms with Gasteiger partial charge in [-0.25, -0.2) is 0 Å². The Morgan fingerprint density at radius 2 is 1.89 bits per heavy atom. The van der Waals surface area contributed by atoms with Gasteiger partial charge in [-0.2, -0.15) is 0 Å². The van der Waals surface area contributed by atoms with Crippen LogP contribution >= 0.6 is 31.9 Å². The lowest BCUT2D eigenvalue weighted by Crippen LogP contribution is -2.24. The number of halogens is 2. The summed E-state index contributed by atoms with van der Waals surface area (Å²) in [7, 11) is 0. The van der Waals surface area contributed by atoms with Gasteiger partial charge in [-0.05, 0) is 62.4 Å². The minimum Gasteiger partial charge on any atom is -0.377 e. The number of benzene rings is 1. The maximum Gasteiger partial charge on any atom is 0.0594 e. The van der Waals surface area contributed by atoms with Crippen molar-refractivity contribution in [3.05, 3.63) is 32.7 Å². The van der Waals surface area contributed by atoms with Gasteiger partial charge < -0.3 is 10.1 Å². The van der Waals surface area contributed by atoms with Crippen molar-refractivity contribution in [1.82, 2.24) is 5.32 Å². The zero-order chi connectivity index (χ0) is 13.5. The predicted molar refractivity (Wildman–Crippen MR) is 86.4 cm³/mol. The molecule has 0 amide bonds. The van der Waals surface area contributed by atoms with E-state index in [4.69, 9.17) is 4.74 Å². The smallest absolute Gasteiger partial charge is 0.0594 e. The van der Waals surface area contributed by atoms with Crippen LogP contribution in [0.15, 0.2) is 27.1 Å². The molecule has 19 heavy (non-hydrogen) atoms. The Kier molecular flexibility index (Phi) is 6.85. The summed E-state index contributed by atoms with van der Waals surface area (Å²) in [5.74, 6) is 0. The molecule has 0 heterocycles. The van der Waals surface area contributed by atoms with E-state index in [0.29, 0.717) is 6.10 Å². The minimum absolute atomic E-state index is 0.511. The Labute approximate surface area is 132 Å². The highest BCUT2D eigenvalue weighted by Gasteiger charge is 2.12. The van der Waals surface area contributed by atoms with E-state index >= 15 is 0 Å². The fourth-order valence-electron chi connectivity index (χ4n) is 2.41. The van der Waals surface area contributed by atoms with E-state index < -0.39 is 0 Å². The second-order valence-electron chi connectivity index (χ2n) is 5.06. The number of nitrogens with one attached hydrogen (secondary N) is 1. The van der Waals surface area contributed by atoms with Crippen LogP contribution in [0.5, 0.6) is 0 Å². The Morgan fingerprint density at radius 3 is 2.63 bits per heavy atom. The molecule has 0 bridgehead atoms. The first kappa shape index (κ1) is 15.5. The van der Waals surface area contributed by atoms with Crippen molar-refractivity contribution in [2.75, 3.05) is 13.2 Å². The van der Waals surface area contributed by atoms with Crippen LogP contribution < -0.4 is 5.32 Å². The fourth-order valence-corrected chi connectivity index (χ4v) is 3.08. The van der Waals surface area contributed by atoms with Crippen molar-refractivity contribution in [1.29, 1.82) is 0 Å². The summed E-state index contributed by atoms with van der Waals surface area (Å²) in [6.07, 6.45) is 7.07. The lowest BCUT2D eigenvalue weighted by Gasteiger charge is -2.22. The summed E-state index contributed by atoms with van der Waals surface area (Å²) >= 11 is 7.00. The minimum atomic E-state index is 0.511. The molecule has 0 spiro atoms. The van der Waals surface area contributed by atoms with Crippen LogP contribution in [-0.2, 0) is 11.3 Å². The molecule has 0 radical (unpaired) electrons. The molecule has 1 saturated carbocycles. The van der Waals surface area contributed by atoms with Gasteiger partial charge >= 0.3 is 0 Å². The van der Waals surface area contributed by atoms with Gasteiger partial charge in [0, 0.05) is 22.0 Å². The molecule has 1 N–H and O–H groups in total. The lowest BCUT2D eigenvalue weighted by molar-refractivity contribution is 0.0302. The maximum atomic E-state index is 5.88. The third-order valence-corrected chi connectivity index (χ3v) is 5.38. The van der Waals surface area contributed by atoms with Crippen molar-refractivity contribution in [3.8, 4) is 0 Å². The molecule has 0 aromatic heterocycles. The first-order chi connectivity index (χ1) is 9.25. The number of hydrogen-bond acceptors (Lipinski definition) is 2. The molecule has 1 aliphatic rings. The van der Waals surface area contributed by atoms with E-state index in [-0.39, 0.29) is 0 Å². The van der Waals surface area contributed by atoms with Gasteiger partial charge in [-0.3, -0.25) is 0 Å². The number of hydrogen-bond donors (Lipinski definition) is 1. The van der Waals surface area contributed by atoms with Crippen LogP contribution in [0.2, 0.25) is 0 Å². The topological polar surface area (TPSA) is 21.3 Å². The molecule has 0 atom stereocenters. The third-order valence-electron chi connectivity index (χ3n) is 3.50. The molecule has 4 heteroatoms. The zero-order valence-corrected chi connectivity index (χ0v) is 14.3. The van der Waals surface area contributed by atoms with Gasteiger partial charge in [0.25, 0.3) is 0 Å². The second kappa shape index (κ2) is 8.40. The molecule has 1 fully saturated rings. The second-order valence-corrected chi connectivity index (χ2v) is 6.76. The highest BCUT2D eigenvalue weighted by Crippen LogP contribution is 2.23. The molecule has 0 aliphatic heterocycles. The van der Waals surface area contributed by atoms with Gasteiger partial charge in [0.1, 0.15) is 0 Å². The van der Waals surface area contributed by atoms with Gasteiger partial charge in [0.05, 0.1) is 12.7 Å². The Hall–Kier alpha value is 0.1000. The van der Waals surface area contributed by atoms with Gasteiger partial charge in [-0.1, -0.05) is 25.3 Å². The van der Waals surface area contributed by atoms with E-state index in [0.717, 1.165) is 28.6 Å². The molecule has 1 aromatic carbocycles. The van der Waals surface area contributed by atoms with E-state index in [2.05, 4.69) is 55.4 Å². The molecule has 2 nitrogen and oxygen atoms in total. The summed E-state index contributed by atoms with van der Waals surface area (Å²) < 4.78 is 8.08. The van der Waals surface area contributed by atoms with Crippen molar-refractivity contribution in [3.63, 3.8) is 0 Å². The molecule has 1 aliphatic carbocycles. The van der Waals surface area contributed by atoms with Crippen molar-refractivity contribution < 1.29 is 4.74 Å². The van der Waals surface area contributed by atoms with Gasteiger partial charge in [0.2, 0.25) is 0 Å². The molecular formula is C15H21Br2NO. The largest absolute Gasteiger partial charge is 0.377 e. The SMILES string of the molecule is Brc1ccc(CNCCOC2CCCCC2)cc1Br. The summed E-state index contributed by atoms with van der Waals surface area (Å²) in [4.78, 5) is 0. The quantitative estimate of drug-likeness (QED) is 0.713.